The minimum atomic E-state index is -3.28. The van der Waals surface area contributed by atoms with Gasteiger partial charge in [0.2, 0.25) is 5.91 Å². The van der Waals surface area contributed by atoms with Crippen molar-refractivity contribution in [1.29, 1.82) is 0 Å². The second-order valence-corrected chi connectivity index (χ2v) is 9.87. The Hall–Kier alpha value is -2.78. The number of anilines is 1. The third-order valence-corrected chi connectivity index (χ3v) is 6.85. The summed E-state index contributed by atoms with van der Waals surface area (Å²) >= 11 is 1.25. The Labute approximate surface area is 179 Å². The maximum Gasteiger partial charge on any atom is 0.338 e. The van der Waals surface area contributed by atoms with Gasteiger partial charge in [0.25, 0.3) is 0 Å². The van der Waals surface area contributed by atoms with E-state index in [2.05, 4.69) is 10.3 Å². The van der Waals surface area contributed by atoms with E-state index in [1.165, 1.54) is 11.3 Å². The highest BCUT2D eigenvalue weighted by Gasteiger charge is 2.15. The average Bonchev–Trinajstić information content (AvgIpc) is 3.09. The number of esters is 1. The smallest absolute Gasteiger partial charge is 0.338 e. The summed E-state index contributed by atoms with van der Waals surface area (Å²) in [5.41, 5.74) is 1.82. The van der Waals surface area contributed by atoms with E-state index in [0.29, 0.717) is 22.8 Å². The number of amides is 1. The van der Waals surface area contributed by atoms with Gasteiger partial charge in [0, 0.05) is 6.42 Å². The second-order valence-electron chi connectivity index (χ2n) is 6.65. The number of carbonyl (C=O) groups is 2. The first-order valence-corrected chi connectivity index (χ1v) is 12.1. The van der Waals surface area contributed by atoms with Gasteiger partial charge in [0.15, 0.2) is 15.0 Å². The van der Waals surface area contributed by atoms with Crippen LogP contribution in [0.15, 0.2) is 48.5 Å². The van der Waals surface area contributed by atoms with Gasteiger partial charge in [-0.25, -0.2) is 18.2 Å². The van der Waals surface area contributed by atoms with Gasteiger partial charge in [0.05, 0.1) is 33.9 Å². The van der Waals surface area contributed by atoms with Crippen molar-refractivity contribution < 1.29 is 22.7 Å². The van der Waals surface area contributed by atoms with E-state index in [1.54, 1.807) is 49.4 Å². The maximum atomic E-state index is 12.2. The van der Waals surface area contributed by atoms with Gasteiger partial charge in [-0.1, -0.05) is 41.7 Å². The molecule has 0 spiro atoms. The highest BCUT2D eigenvalue weighted by atomic mass is 32.2. The van der Waals surface area contributed by atoms with Crippen LogP contribution in [0.3, 0.4) is 0 Å². The van der Waals surface area contributed by atoms with Crippen molar-refractivity contribution in [2.45, 2.75) is 25.5 Å². The molecule has 0 fully saturated rings. The molecule has 3 aromatic rings. The van der Waals surface area contributed by atoms with Crippen molar-refractivity contribution in [1.82, 2.24) is 4.98 Å². The van der Waals surface area contributed by atoms with Crippen LogP contribution in [0, 0.1) is 0 Å². The van der Waals surface area contributed by atoms with E-state index in [4.69, 9.17) is 4.74 Å². The minimum Gasteiger partial charge on any atom is -0.462 e. The fourth-order valence-corrected chi connectivity index (χ4v) is 5.20. The molecule has 0 saturated heterocycles. The van der Waals surface area contributed by atoms with Crippen molar-refractivity contribution in [2.24, 2.45) is 0 Å². The van der Waals surface area contributed by atoms with Crippen molar-refractivity contribution in [3.63, 3.8) is 0 Å². The molecule has 2 aromatic carbocycles. The van der Waals surface area contributed by atoms with Gasteiger partial charge in [0.1, 0.15) is 0 Å². The fourth-order valence-electron chi connectivity index (χ4n) is 2.85. The summed E-state index contributed by atoms with van der Waals surface area (Å²) in [4.78, 5) is 28.3. The average molecular weight is 447 g/mol. The van der Waals surface area contributed by atoms with Gasteiger partial charge < -0.3 is 10.1 Å². The highest BCUT2D eigenvalue weighted by molar-refractivity contribution is 7.90. The molecule has 0 radical (unpaired) electrons. The zero-order valence-corrected chi connectivity index (χ0v) is 18.1. The number of carbonyl (C=O) groups excluding carboxylic acids is 2. The van der Waals surface area contributed by atoms with Crippen LogP contribution >= 0.6 is 11.3 Å². The number of hydrogen-bond donors (Lipinski definition) is 1. The molecule has 0 aliphatic rings. The molecule has 1 heterocycles. The van der Waals surface area contributed by atoms with E-state index in [9.17, 15) is 18.0 Å². The van der Waals surface area contributed by atoms with Crippen LogP contribution in [0.25, 0.3) is 10.2 Å². The standard InChI is InChI=1S/C21H22N2O5S2/c1-2-28-20(25)16-10-11-17-18(13-16)29-21(22-17)23-19(24)9-6-12-30(26,27)14-15-7-4-3-5-8-15/h3-5,7-8,10-11,13H,2,6,9,12,14H2,1H3,(H,22,23,24). The zero-order valence-electron chi connectivity index (χ0n) is 16.5. The Balaban J connectivity index is 1.53. The Morgan fingerprint density at radius 3 is 2.63 bits per heavy atom. The van der Waals surface area contributed by atoms with Gasteiger partial charge >= 0.3 is 5.97 Å². The number of hydrogen-bond acceptors (Lipinski definition) is 7. The molecule has 0 unspecified atom stereocenters. The van der Waals surface area contributed by atoms with Crippen molar-refractivity contribution in [2.75, 3.05) is 17.7 Å². The monoisotopic (exact) mass is 446 g/mol. The number of thiazole rings is 1. The second kappa shape index (κ2) is 9.82. The van der Waals surface area contributed by atoms with Gasteiger partial charge in [-0.2, -0.15) is 0 Å². The Morgan fingerprint density at radius 1 is 1.13 bits per heavy atom. The van der Waals surface area contributed by atoms with Crippen molar-refractivity contribution in [3.8, 4) is 0 Å². The van der Waals surface area contributed by atoms with E-state index >= 15 is 0 Å². The van der Waals surface area contributed by atoms with Crippen molar-refractivity contribution >= 4 is 48.4 Å². The molecule has 0 bridgehead atoms. The summed E-state index contributed by atoms with van der Waals surface area (Å²) in [6, 6.07) is 14.0. The number of ether oxygens (including phenoxy) is 1. The summed E-state index contributed by atoms with van der Waals surface area (Å²) in [6.07, 6.45) is 0.316. The number of nitrogens with one attached hydrogen (secondary N) is 1. The van der Waals surface area contributed by atoms with Gasteiger partial charge in [-0.15, -0.1) is 0 Å². The third kappa shape index (κ3) is 6.11. The molecular formula is C21H22N2O5S2. The first-order valence-electron chi connectivity index (χ1n) is 9.48. The Morgan fingerprint density at radius 2 is 1.90 bits per heavy atom. The van der Waals surface area contributed by atoms with Crippen LogP contribution in [-0.4, -0.2) is 37.6 Å². The lowest BCUT2D eigenvalue weighted by atomic mass is 10.2. The Kier molecular flexibility index (Phi) is 7.17. The lowest BCUT2D eigenvalue weighted by Gasteiger charge is -2.05. The summed E-state index contributed by atoms with van der Waals surface area (Å²) in [5.74, 6) is -0.793. The summed E-state index contributed by atoms with van der Waals surface area (Å²) in [7, 11) is -3.28. The number of nitrogens with zero attached hydrogens (tertiary/aromatic N) is 1. The first kappa shape index (κ1) is 21.9. The molecule has 158 valence electrons. The molecule has 30 heavy (non-hydrogen) atoms. The van der Waals surface area contributed by atoms with Crippen LogP contribution < -0.4 is 5.32 Å². The summed E-state index contributed by atoms with van der Waals surface area (Å²) in [6.45, 7) is 2.03. The Bertz CT molecular complexity index is 1140. The van der Waals surface area contributed by atoms with Crippen LogP contribution in [0.2, 0.25) is 0 Å². The molecular weight excluding hydrogens is 424 g/mol. The fraction of sp³-hybridized carbons (Fsp3) is 0.286. The minimum absolute atomic E-state index is 0.0316. The maximum absolute atomic E-state index is 12.2. The van der Waals surface area contributed by atoms with Crippen LogP contribution in [0.5, 0.6) is 0 Å². The number of fused-ring (bicyclic) bond motifs is 1. The summed E-state index contributed by atoms with van der Waals surface area (Å²) in [5, 5.41) is 3.10. The lowest BCUT2D eigenvalue weighted by Crippen LogP contribution is -2.15. The zero-order chi connectivity index (χ0) is 21.6. The predicted octanol–water partition coefficient (Wildman–Crippen LogP) is 3.81. The topological polar surface area (TPSA) is 102 Å². The SMILES string of the molecule is CCOC(=O)c1ccc2nc(NC(=O)CCCS(=O)(=O)Cc3ccccc3)sc2c1. The number of sulfone groups is 1. The molecule has 7 nitrogen and oxygen atoms in total. The third-order valence-electron chi connectivity index (χ3n) is 4.23. The number of benzene rings is 2. The molecule has 0 aliphatic carbocycles. The van der Waals surface area contributed by atoms with E-state index in [1.807, 2.05) is 6.07 Å². The number of aromatic nitrogens is 1. The molecule has 0 atom stereocenters. The molecule has 9 heteroatoms. The van der Waals surface area contributed by atoms with E-state index in [-0.39, 0.29) is 30.3 Å². The predicted molar refractivity (Wildman–Crippen MR) is 117 cm³/mol. The summed E-state index contributed by atoms with van der Waals surface area (Å²) < 4.78 is 30.2. The molecule has 0 aliphatic heterocycles. The van der Waals surface area contributed by atoms with Crippen LogP contribution in [0.4, 0.5) is 5.13 Å². The largest absolute Gasteiger partial charge is 0.462 e. The molecule has 1 N–H and O–H groups in total. The molecule has 1 aromatic heterocycles. The van der Waals surface area contributed by atoms with Gasteiger partial charge in [-0.05, 0) is 37.1 Å². The van der Waals surface area contributed by atoms with E-state index in [0.717, 1.165) is 10.3 Å². The van der Waals surface area contributed by atoms with Crippen LogP contribution in [0.1, 0.15) is 35.7 Å². The normalized spacial score (nSPS) is 11.4. The van der Waals surface area contributed by atoms with Crippen LogP contribution in [-0.2, 0) is 25.1 Å². The van der Waals surface area contributed by atoms with Gasteiger partial charge in [-0.3, -0.25) is 4.79 Å². The quantitative estimate of drug-likeness (QED) is 0.502. The van der Waals surface area contributed by atoms with Crippen molar-refractivity contribution in [3.05, 3.63) is 59.7 Å². The lowest BCUT2D eigenvalue weighted by molar-refractivity contribution is -0.116. The highest BCUT2D eigenvalue weighted by Crippen LogP contribution is 2.27. The first-order chi connectivity index (χ1) is 14.4. The number of rotatable bonds is 9. The molecule has 0 saturated carbocycles. The van der Waals surface area contributed by atoms with E-state index < -0.39 is 15.8 Å². The molecule has 3 rings (SSSR count). The molecule has 1 amide bonds.